The molecule has 0 radical (unpaired) electrons. The van der Waals surface area contributed by atoms with Crippen molar-refractivity contribution in [1.82, 2.24) is 10.6 Å². The van der Waals surface area contributed by atoms with E-state index in [1.165, 1.54) is 12.0 Å². The number of benzene rings is 1. The number of rotatable bonds is 9. The number of hydrogen-bond donors (Lipinski definition) is 2. The maximum Gasteiger partial charge on any atom is 0.191 e. The summed E-state index contributed by atoms with van der Waals surface area (Å²) in [5.41, 5.74) is 1.25. The zero-order valence-electron chi connectivity index (χ0n) is 14.0. The Balaban J connectivity index is 0.00000441. The monoisotopic (exact) mass is 419 g/mol. The van der Waals surface area contributed by atoms with E-state index < -0.39 is 0 Å². The number of nitrogens with one attached hydrogen (secondary N) is 2. The van der Waals surface area contributed by atoms with E-state index in [1.54, 1.807) is 7.05 Å². The van der Waals surface area contributed by atoms with Crippen molar-refractivity contribution >= 4 is 29.9 Å². The van der Waals surface area contributed by atoms with Gasteiger partial charge in [-0.15, -0.1) is 24.0 Å². The summed E-state index contributed by atoms with van der Waals surface area (Å²) in [5, 5.41) is 6.71. The lowest BCUT2D eigenvalue weighted by Crippen LogP contribution is -2.39. The molecule has 1 unspecified atom stereocenters. The van der Waals surface area contributed by atoms with Gasteiger partial charge in [0.2, 0.25) is 0 Å². The molecule has 0 aliphatic heterocycles. The average Bonchev–Trinajstić information content (AvgIpc) is 2.53. The van der Waals surface area contributed by atoms with Gasteiger partial charge in [0.1, 0.15) is 0 Å². The normalized spacial score (nSPS) is 12.4. The Morgan fingerprint density at radius 2 is 1.86 bits per heavy atom. The predicted octanol–water partition coefficient (Wildman–Crippen LogP) is 3.74. The van der Waals surface area contributed by atoms with Gasteiger partial charge in [-0.05, 0) is 25.3 Å². The van der Waals surface area contributed by atoms with E-state index in [0.717, 1.165) is 38.6 Å². The summed E-state index contributed by atoms with van der Waals surface area (Å²) in [4.78, 5) is 4.25. The van der Waals surface area contributed by atoms with Crippen LogP contribution in [0.5, 0.6) is 0 Å². The third kappa shape index (κ3) is 9.25. The van der Waals surface area contributed by atoms with Crippen molar-refractivity contribution in [3.05, 3.63) is 35.9 Å². The van der Waals surface area contributed by atoms with Gasteiger partial charge in [0.25, 0.3) is 0 Å². The minimum absolute atomic E-state index is 0. The Kier molecular flexibility index (Phi) is 13.3. The highest BCUT2D eigenvalue weighted by Gasteiger charge is 2.06. The second-order valence-corrected chi connectivity index (χ2v) is 5.10. The van der Waals surface area contributed by atoms with Gasteiger partial charge in [0, 0.05) is 26.8 Å². The number of unbranched alkanes of at least 4 members (excludes halogenated alkanes) is 1. The summed E-state index contributed by atoms with van der Waals surface area (Å²) in [5.74, 6) is 0.833. The number of nitrogens with zero attached hydrogens (tertiary/aromatic N) is 1. The first kappa shape index (κ1) is 21.2. The third-order valence-electron chi connectivity index (χ3n) is 3.28. The lowest BCUT2D eigenvalue weighted by atomic mass is 10.1. The van der Waals surface area contributed by atoms with E-state index >= 15 is 0 Å². The van der Waals surface area contributed by atoms with Crippen molar-refractivity contribution in [2.45, 2.75) is 39.2 Å². The molecule has 0 fully saturated rings. The lowest BCUT2D eigenvalue weighted by Gasteiger charge is -2.18. The van der Waals surface area contributed by atoms with Crippen LogP contribution in [0.2, 0.25) is 0 Å². The van der Waals surface area contributed by atoms with Crippen molar-refractivity contribution < 1.29 is 4.74 Å². The summed E-state index contributed by atoms with van der Waals surface area (Å²) in [7, 11) is 1.80. The van der Waals surface area contributed by atoms with E-state index in [4.69, 9.17) is 4.74 Å². The van der Waals surface area contributed by atoms with Crippen LogP contribution in [0.1, 0.15) is 44.7 Å². The summed E-state index contributed by atoms with van der Waals surface area (Å²) >= 11 is 0. The molecule has 0 aliphatic rings. The number of halogens is 1. The van der Waals surface area contributed by atoms with Gasteiger partial charge in [-0.1, -0.05) is 43.7 Å². The minimum atomic E-state index is 0. The van der Waals surface area contributed by atoms with Gasteiger partial charge in [-0.2, -0.15) is 0 Å². The molecule has 0 spiro atoms. The molecule has 1 rings (SSSR count). The topological polar surface area (TPSA) is 45.6 Å². The first-order valence-corrected chi connectivity index (χ1v) is 7.87. The van der Waals surface area contributed by atoms with Crippen LogP contribution >= 0.6 is 24.0 Å². The second-order valence-electron chi connectivity index (χ2n) is 5.10. The van der Waals surface area contributed by atoms with Crippen molar-refractivity contribution in [3.63, 3.8) is 0 Å². The van der Waals surface area contributed by atoms with E-state index in [2.05, 4.69) is 53.7 Å². The highest BCUT2D eigenvalue weighted by Crippen LogP contribution is 2.10. The molecule has 5 heteroatoms. The smallest absolute Gasteiger partial charge is 0.191 e. The zero-order valence-corrected chi connectivity index (χ0v) is 16.3. The molecule has 1 aromatic carbocycles. The van der Waals surface area contributed by atoms with Gasteiger partial charge >= 0.3 is 0 Å². The van der Waals surface area contributed by atoms with Gasteiger partial charge in [0.05, 0.1) is 6.04 Å². The van der Waals surface area contributed by atoms with Crippen LogP contribution in [-0.2, 0) is 4.74 Å². The fraction of sp³-hybridized carbons (Fsp3) is 0.588. The van der Waals surface area contributed by atoms with Crippen molar-refractivity contribution in [3.8, 4) is 0 Å². The quantitative estimate of drug-likeness (QED) is 0.278. The molecular weight excluding hydrogens is 389 g/mol. The fourth-order valence-electron chi connectivity index (χ4n) is 1.95. The molecule has 22 heavy (non-hydrogen) atoms. The molecule has 0 aromatic heterocycles. The molecule has 0 heterocycles. The SMILES string of the molecule is CCCCOCCCNC(=NC)NC(C)c1ccccc1.I. The van der Waals surface area contributed by atoms with Gasteiger partial charge in [0.15, 0.2) is 5.96 Å². The summed E-state index contributed by atoms with van der Waals surface area (Å²) in [6.45, 7) is 6.85. The molecule has 0 aliphatic carbocycles. The van der Waals surface area contributed by atoms with Crippen LogP contribution in [0.25, 0.3) is 0 Å². The summed E-state index contributed by atoms with van der Waals surface area (Å²) in [6.07, 6.45) is 3.32. The number of guanidine groups is 1. The number of aliphatic imine (C=N–C) groups is 1. The lowest BCUT2D eigenvalue weighted by molar-refractivity contribution is 0.129. The first-order chi connectivity index (χ1) is 10.3. The molecular formula is C17H30IN3O. The summed E-state index contributed by atoms with van der Waals surface area (Å²) in [6, 6.07) is 10.6. The molecule has 126 valence electrons. The molecule has 1 atom stereocenters. The van der Waals surface area contributed by atoms with Crippen molar-refractivity contribution in [2.75, 3.05) is 26.8 Å². The number of hydrogen-bond acceptors (Lipinski definition) is 2. The van der Waals surface area contributed by atoms with Crippen LogP contribution in [0.4, 0.5) is 0 Å². The number of ether oxygens (including phenoxy) is 1. The Hall–Kier alpha value is -0.820. The van der Waals surface area contributed by atoms with Gasteiger partial charge in [-0.3, -0.25) is 4.99 Å². The summed E-state index contributed by atoms with van der Waals surface area (Å²) < 4.78 is 5.54. The van der Waals surface area contributed by atoms with Crippen LogP contribution in [0.3, 0.4) is 0 Å². The maximum absolute atomic E-state index is 5.54. The van der Waals surface area contributed by atoms with Crippen LogP contribution < -0.4 is 10.6 Å². The largest absolute Gasteiger partial charge is 0.381 e. The Morgan fingerprint density at radius 3 is 2.50 bits per heavy atom. The standard InChI is InChI=1S/C17H29N3O.HI/c1-4-5-13-21-14-9-12-19-17(18-3)20-15(2)16-10-7-6-8-11-16;/h6-8,10-11,15H,4-5,9,12-14H2,1-3H3,(H2,18,19,20);1H. The Labute approximate surface area is 152 Å². The Morgan fingerprint density at radius 1 is 1.18 bits per heavy atom. The van der Waals surface area contributed by atoms with E-state index in [1.807, 2.05) is 6.07 Å². The van der Waals surface area contributed by atoms with E-state index in [-0.39, 0.29) is 30.0 Å². The van der Waals surface area contributed by atoms with Gasteiger partial charge in [-0.25, -0.2) is 0 Å². The molecule has 0 amide bonds. The van der Waals surface area contributed by atoms with Crippen LogP contribution in [0, 0.1) is 0 Å². The predicted molar refractivity (Wildman–Crippen MR) is 105 cm³/mol. The molecule has 2 N–H and O–H groups in total. The van der Waals surface area contributed by atoms with Crippen LogP contribution in [0.15, 0.2) is 35.3 Å². The first-order valence-electron chi connectivity index (χ1n) is 7.87. The fourth-order valence-corrected chi connectivity index (χ4v) is 1.95. The molecule has 0 saturated heterocycles. The highest BCUT2D eigenvalue weighted by atomic mass is 127. The minimum Gasteiger partial charge on any atom is -0.381 e. The molecule has 0 bridgehead atoms. The Bertz CT molecular complexity index is 398. The van der Waals surface area contributed by atoms with Crippen LogP contribution in [-0.4, -0.2) is 32.8 Å². The third-order valence-corrected chi connectivity index (χ3v) is 3.28. The highest BCUT2D eigenvalue weighted by molar-refractivity contribution is 14.0. The molecule has 0 saturated carbocycles. The zero-order chi connectivity index (χ0) is 15.3. The van der Waals surface area contributed by atoms with Gasteiger partial charge < -0.3 is 15.4 Å². The maximum atomic E-state index is 5.54. The van der Waals surface area contributed by atoms with Crippen molar-refractivity contribution in [2.24, 2.45) is 4.99 Å². The average molecular weight is 419 g/mol. The van der Waals surface area contributed by atoms with Crippen molar-refractivity contribution in [1.29, 1.82) is 0 Å². The van der Waals surface area contributed by atoms with E-state index in [9.17, 15) is 0 Å². The van der Waals surface area contributed by atoms with E-state index in [0.29, 0.717) is 0 Å². The molecule has 1 aromatic rings. The second kappa shape index (κ2) is 13.8. The molecule has 4 nitrogen and oxygen atoms in total.